The predicted molar refractivity (Wildman–Crippen MR) is 69.6 cm³/mol. The van der Waals surface area contributed by atoms with Gasteiger partial charge in [-0.15, -0.1) is 0 Å². The average molecular weight is 196 g/mol. The van der Waals surface area contributed by atoms with E-state index in [2.05, 4.69) is 13.8 Å². The van der Waals surface area contributed by atoms with Gasteiger partial charge >= 0.3 is 0 Å². The molecule has 0 aliphatic carbocycles. The second-order valence-electron chi connectivity index (χ2n) is 2.17. The molecule has 0 aromatic rings. The minimum absolute atomic E-state index is 0. The molecule has 0 spiro atoms. The third-order valence-corrected chi connectivity index (χ3v) is 1.30. The SMILES string of the molecule is C.C.C.C.C.CCOCC(C)CC. The van der Waals surface area contributed by atoms with E-state index in [4.69, 9.17) is 4.74 Å². The molecular formula is C12H36O. The average Bonchev–Trinajstić information content (AvgIpc) is 1.83. The Hall–Kier alpha value is -0.0400. The molecule has 0 radical (unpaired) electrons. The van der Waals surface area contributed by atoms with Crippen molar-refractivity contribution in [3.05, 3.63) is 0 Å². The van der Waals surface area contributed by atoms with Crippen LogP contribution in [0.5, 0.6) is 0 Å². The molecule has 0 fully saturated rings. The number of rotatable bonds is 4. The van der Waals surface area contributed by atoms with E-state index in [1.165, 1.54) is 6.42 Å². The smallest absolute Gasteiger partial charge is 0.0491 e. The molecule has 13 heavy (non-hydrogen) atoms. The predicted octanol–water partition coefficient (Wildman–Crippen LogP) is 5.25. The van der Waals surface area contributed by atoms with E-state index in [-0.39, 0.29) is 37.1 Å². The summed E-state index contributed by atoms with van der Waals surface area (Å²) in [6.45, 7) is 8.19. The summed E-state index contributed by atoms with van der Waals surface area (Å²) < 4.78 is 5.19. The summed E-state index contributed by atoms with van der Waals surface area (Å²) in [5, 5.41) is 0. The first-order valence-electron chi connectivity index (χ1n) is 3.39. The van der Waals surface area contributed by atoms with Crippen molar-refractivity contribution < 1.29 is 4.74 Å². The van der Waals surface area contributed by atoms with Crippen LogP contribution in [-0.2, 0) is 4.74 Å². The maximum absolute atomic E-state index is 5.19. The zero-order valence-electron chi connectivity index (χ0n) is 6.11. The fourth-order valence-corrected chi connectivity index (χ4v) is 0.437. The summed E-state index contributed by atoms with van der Waals surface area (Å²) in [5.74, 6) is 0.731. The molecular weight excluding hydrogens is 160 g/mol. The third-order valence-electron chi connectivity index (χ3n) is 1.30. The van der Waals surface area contributed by atoms with Crippen LogP contribution in [0.25, 0.3) is 0 Å². The van der Waals surface area contributed by atoms with E-state index in [0.717, 1.165) is 19.1 Å². The zero-order chi connectivity index (χ0) is 6.41. The van der Waals surface area contributed by atoms with Crippen molar-refractivity contribution in [2.75, 3.05) is 13.2 Å². The molecule has 0 heterocycles. The van der Waals surface area contributed by atoms with Crippen molar-refractivity contribution in [1.82, 2.24) is 0 Å². The maximum Gasteiger partial charge on any atom is 0.0491 e. The van der Waals surface area contributed by atoms with E-state index in [1.807, 2.05) is 6.92 Å². The van der Waals surface area contributed by atoms with Crippen molar-refractivity contribution in [1.29, 1.82) is 0 Å². The molecule has 0 rings (SSSR count). The highest BCUT2D eigenvalue weighted by atomic mass is 16.5. The van der Waals surface area contributed by atoms with Gasteiger partial charge in [0.25, 0.3) is 0 Å². The van der Waals surface area contributed by atoms with Crippen LogP contribution in [0.1, 0.15) is 64.3 Å². The van der Waals surface area contributed by atoms with Gasteiger partial charge in [0.2, 0.25) is 0 Å². The minimum atomic E-state index is 0. The molecule has 0 aliphatic heterocycles. The molecule has 0 saturated carbocycles. The van der Waals surface area contributed by atoms with Gasteiger partial charge in [0.15, 0.2) is 0 Å². The zero-order valence-corrected chi connectivity index (χ0v) is 6.11. The summed E-state index contributed by atoms with van der Waals surface area (Å²) in [6, 6.07) is 0. The van der Waals surface area contributed by atoms with Crippen molar-refractivity contribution >= 4 is 0 Å². The first-order valence-corrected chi connectivity index (χ1v) is 3.39. The van der Waals surface area contributed by atoms with E-state index in [1.54, 1.807) is 0 Å². The topological polar surface area (TPSA) is 9.23 Å². The normalized spacial score (nSPS) is 8.54. The molecule has 0 bridgehead atoms. The Labute approximate surface area is 88.9 Å². The van der Waals surface area contributed by atoms with Crippen LogP contribution < -0.4 is 0 Å². The van der Waals surface area contributed by atoms with Crippen LogP contribution in [-0.4, -0.2) is 13.2 Å². The lowest BCUT2D eigenvalue weighted by molar-refractivity contribution is 0.115. The van der Waals surface area contributed by atoms with Gasteiger partial charge in [0, 0.05) is 13.2 Å². The molecule has 1 atom stereocenters. The second kappa shape index (κ2) is 29.7. The molecule has 1 unspecified atom stereocenters. The quantitative estimate of drug-likeness (QED) is 0.597. The fourth-order valence-electron chi connectivity index (χ4n) is 0.437. The highest BCUT2D eigenvalue weighted by Gasteiger charge is 1.94. The molecule has 0 aromatic carbocycles. The maximum atomic E-state index is 5.19. The lowest BCUT2D eigenvalue weighted by Gasteiger charge is -2.05. The highest BCUT2D eigenvalue weighted by Crippen LogP contribution is 1.99. The third kappa shape index (κ3) is 33.4. The molecule has 0 aliphatic rings. The molecule has 1 nitrogen and oxygen atoms in total. The molecule has 0 saturated heterocycles. The summed E-state index contributed by atoms with van der Waals surface area (Å²) in [7, 11) is 0. The molecule has 0 amide bonds. The lowest BCUT2D eigenvalue weighted by Crippen LogP contribution is -2.03. The Morgan fingerprint density at radius 3 is 1.54 bits per heavy atom. The molecule has 1 heteroatoms. The van der Waals surface area contributed by atoms with Crippen LogP contribution in [0.4, 0.5) is 0 Å². The van der Waals surface area contributed by atoms with E-state index >= 15 is 0 Å². The molecule has 0 aromatic heterocycles. The Balaban J connectivity index is -0.0000000245. The van der Waals surface area contributed by atoms with E-state index in [0.29, 0.717) is 0 Å². The van der Waals surface area contributed by atoms with Crippen molar-refractivity contribution in [2.45, 2.75) is 64.3 Å². The lowest BCUT2D eigenvalue weighted by atomic mass is 10.1. The monoisotopic (exact) mass is 196 g/mol. The van der Waals surface area contributed by atoms with E-state index in [9.17, 15) is 0 Å². The highest BCUT2D eigenvalue weighted by molar-refractivity contribution is 4.44. The van der Waals surface area contributed by atoms with Gasteiger partial charge in [-0.1, -0.05) is 57.4 Å². The van der Waals surface area contributed by atoms with Gasteiger partial charge in [0.1, 0.15) is 0 Å². The van der Waals surface area contributed by atoms with Crippen LogP contribution in [0, 0.1) is 5.92 Å². The first kappa shape index (κ1) is 38.3. The summed E-state index contributed by atoms with van der Waals surface area (Å²) >= 11 is 0. The first-order chi connectivity index (χ1) is 3.81. The number of hydrogen-bond acceptors (Lipinski definition) is 1. The van der Waals surface area contributed by atoms with Gasteiger partial charge in [-0.25, -0.2) is 0 Å². The van der Waals surface area contributed by atoms with Gasteiger partial charge in [-0.05, 0) is 12.8 Å². The van der Waals surface area contributed by atoms with Gasteiger partial charge in [-0.3, -0.25) is 0 Å². The molecule has 90 valence electrons. The van der Waals surface area contributed by atoms with Crippen LogP contribution >= 0.6 is 0 Å². The van der Waals surface area contributed by atoms with Crippen molar-refractivity contribution in [2.24, 2.45) is 5.92 Å². The molecule has 0 N–H and O–H groups in total. The van der Waals surface area contributed by atoms with Crippen LogP contribution in [0.15, 0.2) is 0 Å². The van der Waals surface area contributed by atoms with E-state index < -0.39 is 0 Å². The van der Waals surface area contributed by atoms with Gasteiger partial charge in [0.05, 0.1) is 0 Å². The largest absolute Gasteiger partial charge is 0.381 e. The summed E-state index contributed by atoms with van der Waals surface area (Å²) in [6.07, 6.45) is 1.22. The van der Waals surface area contributed by atoms with Gasteiger partial charge < -0.3 is 4.74 Å². The summed E-state index contributed by atoms with van der Waals surface area (Å²) in [4.78, 5) is 0. The Bertz CT molecular complexity index is 44.4. The van der Waals surface area contributed by atoms with Crippen LogP contribution in [0.3, 0.4) is 0 Å². The fraction of sp³-hybridized carbons (Fsp3) is 1.00. The second-order valence-corrected chi connectivity index (χ2v) is 2.17. The number of ether oxygens (including phenoxy) is 1. The Morgan fingerprint density at radius 1 is 0.923 bits per heavy atom. The summed E-state index contributed by atoms with van der Waals surface area (Å²) in [5.41, 5.74) is 0. The van der Waals surface area contributed by atoms with Crippen molar-refractivity contribution in [3.8, 4) is 0 Å². The number of hydrogen-bond donors (Lipinski definition) is 0. The van der Waals surface area contributed by atoms with Crippen LogP contribution in [0.2, 0.25) is 0 Å². The standard InChI is InChI=1S/C7H16O.5CH4/c1-4-7(3)6-8-5-2;;;;;/h7H,4-6H2,1-3H3;5*1H4. The van der Waals surface area contributed by atoms with Crippen molar-refractivity contribution in [3.63, 3.8) is 0 Å². The Morgan fingerprint density at radius 2 is 1.31 bits per heavy atom. The van der Waals surface area contributed by atoms with Gasteiger partial charge in [-0.2, -0.15) is 0 Å². The Kier molecular flexibility index (Phi) is 87.3. The minimum Gasteiger partial charge on any atom is -0.381 e.